The Morgan fingerprint density at radius 2 is 1.94 bits per heavy atom. The molecule has 4 heterocycles. The van der Waals surface area contributed by atoms with Gasteiger partial charge in [-0.25, -0.2) is 9.50 Å². The Labute approximate surface area is 179 Å². The zero-order chi connectivity index (χ0) is 21.8. The monoisotopic (exact) mass is 417 g/mol. The first-order chi connectivity index (χ1) is 14.9. The van der Waals surface area contributed by atoms with Crippen molar-refractivity contribution in [2.24, 2.45) is 0 Å². The maximum absolute atomic E-state index is 12.7. The predicted octanol–water partition coefficient (Wildman–Crippen LogP) is 2.16. The molecule has 9 nitrogen and oxygen atoms in total. The van der Waals surface area contributed by atoms with E-state index in [0.717, 1.165) is 16.8 Å². The second-order valence-corrected chi connectivity index (χ2v) is 8.23. The Balaban J connectivity index is 1.66. The topological polar surface area (TPSA) is 101 Å². The first-order valence-corrected chi connectivity index (χ1v) is 10.2. The zero-order valence-corrected chi connectivity index (χ0v) is 17.6. The van der Waals surface area contributed by atoms with Gasteiger partial charge >= 0.3 is 0 Å². The average Bonchev–Trinajstić information content (AvgIpc) is 3.43. The minimum atomic E-state index is -0.619. The maximum atomic E-state index is 12.7. The van der Waals surface area contributed by atoms with Crippen LogP contribution in [0.25, 0.3) is 23.0 Å². The van der Waals surface area contributed by atoms with Crippen molar-refractivity contribution in [1.29, 1.82) is 0 Å². The number of aromatic nitrogens is 6. The van der Waals surface area contributed by atoms with Crippen LogP contribution in [0.3, 0.4) is 0 Å². The van der Waals surface area contributed by atoms with Gasteiger partial charge in [-0.05, 0) is 56.2 Å². The quantitative estimate of drug-likeness (QED) is 0.534. The second-order valence-electron chi connectivity index (χ2n) is 8.23. The van der Waals surface area contributed by atoms with Crippen LogP contribution in [0.5, 0.6) is 0 Å². The second kappa shape index (κ2) is 6.98. The number of hydrogen-bond acceptors (Lipinski definition) is 6. The average molecular weight is 417 g/mol. The Hall–Kier alpha value is -3.59. The summed E-state index contributed by atoms with van der Waals surface area (Å²) >= 11 is 0. The van der Waals surface area contributed by atoms with Gasteiger partial charge in [-0.15, -0.1) is 10.2 Å². The fraction of sp³-hybridized carbons (Fsp3) is 0.318. The van der Waals surface area contributed by atoms with E-state index in [9.17, 15) is 9.90 Å². The first-order valence-electron chi connectivity index (χ1n) is 10.2. The number of carbonyl (C=O) groups is 1. The van der Waals surface area contributed by atoms with Crippen molar-refractivity contribution >= 4 is 17.2 Å². The number of rotatable bonds is 5. The number of benzene rings is 1. The van der Waals surface area contributed by atoms with Crippen molar-refractivity contribution in [1.82, 2.24) is 29.4 Å². The molecule has 0 spiro atoms. The molecule has 31 heavy (non-hydrogen) atoms. The number of pyridine rings is 1. The Morgan fingerprint density at radius 3 is 2.71 bits per heavy atom. The number of hydrogen-bond donors (Lipinski definition) is 1. The summed E-state index contributed by atoms with van der Waals surface area (Å²) in [5.41, 5.74) is 2.77. The van der Waals surface area contributed by atoms with Gasteiger partial charge < -0.3 is 10.0 Å². The van der Waals surface area contributed by atoms with Gasteiger partial charge in [0.15, 0.2) is 17.3 Å². The molecule has 158 valence electrons. The van der Waals surface area contributed by atoms with E-state index in [0.29, 0.717) is 36.1 Å². The van der Waals surface area contributed by atoms with Gasteiger partial charge in [0, 0.05) is 37.5 Å². The van der Waals surface area contributed by atoms with Crippen molar-refractivity contribution in [2.75, 3.05) is 18.6 Å². The van der Waals surface area contributed by atoms with E-state index in [-0.39, 0.29) is 12.5 Å². The molecule has 1 aliphatic rings. The Bertz CT molecular complexity index is 1270. The van der Waals surface area contributed by atoms with Crippen molar-refractivity contribution in [3.05, 3.63) is 54.0 Å². The standard InChI is InChI=1S/C22H23N7O2/c1-22(2)15-13-14(9-10-16(15)27(3)20(22)31)19-23-17(7-6-12-30)25-29(19)21-24-18-8-4-5-11-28(18)26-21/h4-5,8-11,13,30H,6-7,12H2,1-3H3. The highest BCUT2D eigenvalue weighted by Crippen LogP contribution is 2.42. The van der Waals surface area contributed by atoms with Crippen molar-refractivity contribution in [3.8, 4) is 17.3 Å². The van der Waals surface area contributed by atoms with Gasteiger partial charge in [0.1, 0.15) is 0 Å². The van der Waals surface area contributed by atoms with Crippen molar-refractivity contribution < 1.29 is 9.90 Å². The summed E-state index contributed by atoms with van der Waals surface area (Å²) in [5.74, 6) is 1.68. The number of likely N-dealkylation sites (N-methyl/N-ethyl adjacent to an activating group) is 1. The molecule has 5 rings (SSSR count). The van der Waals surface area contributed by atoms with Gasteiger partial charge in [0.2, 0.25) is 5.91 Å². The molecule has 4 aromatic rings. The third-order valence-corrected chi connectivity index (χ3v) is 5.76. The minimum Gasteiger partial charge on any atom is -0.396 e. The largest absolute Gasteiger partial charge is 0.396 e. The molecule has 0 radical (unpaired) electrons. The van der Waals surface area contributed by atoms with Crippen LogP contribution in [0.4, 0.5) is 5.69 Å². The number of aliphatic hydroxyl groups excluding tert-OH is 1. The van der Waals surface area contributed by atoms with E-state index in [1.165, 1.54) is 0 Å². The van der Waals surface area contributed by atoms with Crippen LogP contribution in [0.2, 0.25) is 0 Å². The van der Waals surface area contributed by atoms with E-state index in [1.54, 1.807) is 21.1 Å². The van der Waals surface area contributed by atoms with Gasteiger partial charge in [0.25, 0.3) is 5.95 Å². The summed E-state index contributed by atoms with van der Waals surface area (Å²) in [7, 11) is 1.80. The van der Waals surface area contributed by atoms with Crippen LogP contribution in [-0.2, 0) is 16.6 Å². The molecular formula is C22H23N7O2. The van der Waals surface area contributed by atoms with Gasteiger partial charge in [-0.3, -0.25) is 4.79 Å². The number of aryl methyl sites for hydroxylation is 1. The maximum Gasteiger partial charge on any atom is 0.272 e. The van der Waals surface area contributed by atoms with Crippen LogP contribution in [0.15, 0.2) is 42.6 Å². The van der Waals surface area contributed by atoms with Crippen molar-refractivity contribution in [3.63, 3.8) is 0 Å². The molecular weight excluding hydrogens is 394 g/mol. The molecule has 1 amide bonds. The number of carbonyl (C=O) groups excluding carboxylic acids is 1. The third kappa shape index (κ3) is 3.00. The molecule has 0 atom stereocenters. The molecule has 0 unspecified atom stereocenters. The molecule has 1 aromatic carbocycles. The smallest absolute Gasteiger partial charge is 0.272 e. The molecule has 9 heteroatoms. The summed E-state index contributed by atoms with van der Waals surface area (Å²) in [6.45, 7) is 3.93. The van der Waals surface area contributed by atoms with E-state index in [4.69, 9.17) is 4.98 Å². The summed E-state index contributed by atoms with van der Waals surface area (Å²) in [6.07, 6.45) is 2.94. The SMILES string of the molecule is CN1C(=O)C(C)(C)c2cc(-c3nc(CCCO)nn3-c3nc4ccccn4n3)ccc21. The summed E-state index contributed by atoms with van der Waals surface area (Å²) in [4.78, 5) is 23.7. The summed E-state index contributed by atoms with van der Waals surface area (Å²) in [5, 5.41) is 18.4. The third-order valence-electron chi connectivity index (χ3n) is 5.76. The molecule has 0 aliphatic carbocycles. The predicted molar refractivity (Wildman–Crippen MR) is 115 cm³/mol. The first kappa shape index (κ1) is 19.4. The lowest BCUT2D eigenvalue weighted by Gasteiger charge is -2.16. The highest BCUT2D eigenvalue weighted by Gasteiger charge is 2.42. The van der Waals surface area contributed by atoms with E-state index < -0.39 is 5.41 Å². The normalized spacial score (nSPS) is 15.1. The number of nitrogens with zero attached hydrogens (tertiary/aromatic N) is 7. The van der Waals surface area contributed by atoms with E-state index in [2.05, 4.69) is 15.2 Å². The molecule has 0 bridgehead atoms. The molecule has 0 saturated heterocycles. The molecule has 1 aliphatic heterocycles. The fourth-order valence-corrected chi connectivity index (χ4v) is 4.05. The van der Waals surface area contributed by atoms with E-state index >= 15 is 0 Å². The highest BCUT2D eigenvalue weighted by molar-refractivity contribution is 6.07. The van der Waals surface area contributed by atoms with Crippen LogP contribution < -0.4 is 4.90 Å². The zero-order valence-electron chi connectivity index (χ0n) is 17.6. The van der Waals surface area contributed by atoms with Gasteiger partial charge in [-0.1, -0.05) is 6.07 Å². The van der Waals surface area contributed by atoms with Crippen LogP contribution in [0.1, 0.15) is 31.7 Å². The summed E-state index contributed by atoms with van der Waals surface area (Å²) in [6, 6.07) is 11.5. The summed E-state index contributed by atoms with van der Waals surface area (Å²) < 4.78 is 3.32. The molecule has 0 saturated carbocycles. The number of anilines is 1. The fourth-order valence-electron chi connectivity index (χ4n) is 4.05. The number of amides is 1. The Kier molecular flexibility index (Phi) is 4.37. The lowest BCUT2D eigenvalue weighted by molar-refractivity contribution is -0.121. The minimum absolute atomic E-state index is 0.0618. The van der Waals surface area contributed by atoms with Gasteiger partial charge in [0.05, 0.1) is 5.41 Å². The molecule has 1 N–H and O–H groups in total. The van der Waals surface area contributed by atoms with Crippen LogP contribution in [-0.4, -0.2) is 54.0 Å². The van der Waals surface area contributed by atoms with E-state index in [1.807, 2.05) is 56.4 Å². The number of fused-ring (bicyclic) bond motifs is 2. The van der Waals surface area contributed by atoms with Gasteiger partial charge in [-0.2, -0.15) is 9.67 Å². The highest BCUT2D eigenvalue weighted by atomic mass is 16.3. The molecule has 3 aromatic heterocycles. The lowest BCUT2D eigenvalue weighted by atomic mass is 9.85. The lowest BCUT2D eigenvalue weighted by Crippen LogP contribution is -2.33. The Morgan fingerprint density at radius 1 is 1.10 bits per heavy atom. The van der Waals surface area contributed by atoms with Crippen molar-refractivity contribution in [2.45, 2.75) is 32.1 Å². The van der Waals surface area contributed by atoms with Crippen LogP contribution >= 0.6 is 0 Å². The molecule has 0 fully saturated rings. The van der Waals surface area contributed by atoms with Crippen LogP contribution in [0, 0.1) is 0 Å². The number of aliphatic hydroxyl groups is 1.